The van der Waals surface area contributed by atoms with Crippen molar-refractivity contribution in [1.82, 2.24) is 0 Å². The van der Waals surface area contributed by atoms with Crippen LogP contribution < -0.4 is 15.1 Å². The normalized spacial score (nSPS) is 19.9. The highest BCUT2D eigenvalue weighted by atomic mass is 32.2. The lowest BCUT2D eigenvalue weighted by Gasteiger charge is -2.31. The van der Waals surface area contributed by atoms with Gasteiger partial charge in [0.05, 0.1) is 11.6 Å². The molecule has 2 fully saturated rings. The molecule has 0 unspecified atom stereocenters. The Morgan fingerprint density at radius 2 is 1.88 bits per heavy atom. The second kappa shape index (κ2) is 10.2. The molecular formula is C26H32FN3O3S. The van der Waals surface area contributed by atoms with Crippen LogP contribution in [0.1, 0.15) is 31.7 Å². The molecular weight excluding hydrogens is 453 g/mol. The predicted octanol–water partition coefficient (Wildman–Crippen LogP) is 3.70. The number of benzene rings is 2. The highest BCUT2D eigenvalue weighted by molar-refractivity contribution is 8.00. The molecule has 0 radical (unpaired) electrons. The van der Waals surface area contributed by atoms with Gasteiger partial charge in [-0.1, -0.05) is 25.5 Å². The first kappa shape index (κ1) is 24.3. The zero-order chi connectivity index (χ0) is 24.3. The lowest BCUT2D eigenvalue weighted by Crippen LogP contribution is -2.40. The first-order valence-corrected chi connectivity index (χ1v) is 13.9. The number of nitrogens with one attached hydrogen (secondary N) is 1. The van der Waals surface area contributed by atoms with E-state index in [9.17, 15) is 18.2 Å². The highest BCUT2D eigenvalue weighted by Gasteiger charge is 2.35. The lowest BCUT2D eigenvalue weighted by atomic mass is 10.1. The summed E-state index contributed by atoms with van der Waals surface area (Å²) in [4.78, 5) is 29.0. The van der Waals surface area contributed by atoms with Crippen LogP contribution in [0.25, 0.3) is 0 Å². The number of amides is 2. The molecule has 0 aliphatic carbocycles. The fourth-order valence-corrected chi connectivity index (χ4v) is 5.75. The van der Waals surface area contributed by atoms with Crippen LogP contribution in [0, 0.1) is 11.7 Å². The van der Waals surface area contributed by atoms with Gasteiger partial charge in [-0.15, -0.1) is 0 Å². The van der Waals surface area contributed by atoms with Crippen LogP contribution in [0.4, 0.5) is 21.5 Å². The van der Waals surface area contributed by atoms with Crippen LogP contribution in [-0.2, 0) is 25.5 Å². The summed E-state index contributed by atoms with van der Waals surface area (Å²) in [5.41, 5.74) is 2.90. The van der Waals surface area contributed by atoms with Crippen molar-refractivity contribution in [2.45, 2.75) is 32.6 Å². The minimum absolute atomic E-state index is 0.0775. The molecule has 2 aromatic carbocycles. The van der Waals surface area contributed by atoms with E-state index >= 15 is 0 Å². The zero-order valence-electron chi connectivity index (χ0n) is 19.6. The molecule has 34 heavy (non-hydrogen) atoms. The van der Waals surface area contributed by atoms with Crippen molar-refractivity contribution in [3.05, 3.63) is 53.8 Å². The van der Waals surface area contributed by atoms with Crippen molar-refractivity contribution in [2.24, 2.45) is 5.92 Å². The summed E-state index contributed by atoms with van der Waals surface area (Å²) in [6.45, 7) is 3.39. The number of hydrogen-bond donors (Lipinski definition) is 1. The molecule has 182 valence electrons. The maximum absolute atomic E-state index is 14.5. The van der Waals surface area contributed by atoms with Gasteiger partial charge in [0.2, 0.25) is 11.8 Å². The first-order chi connectivity index (χ1) is 16.3. The van der Waals surface area contributed by atoms with Gasteiger partial charge in [-0.05, 0) is 64.1 Å². The van der Waals surface area contributed by atoms with Gasteiger partial charge in [0.15, 0.2) is 0 Å². The number of halogens is 1. The Kier molecular flexibility index (Phi) is 7.26. The number of aryl methyl sites for hydroxylation is 1. The Hall–Kier alpha value is -2.87. The van der Waals surface area contributed by atoms with E-state index in [1.165, 1.54) is 17.7 Å². The summed E-state index contributed by atoms with van der Waals surface area (Å²) in [6.07, 6.45) is 3.42. The number of carbonyl (C=O) groups is 2. The third-order valence-corrected chi connectivity index (χ3v) is 8.44. The average molecular weight is 486 g/mol. The van der Waals surface area contributed by atoms with E-state index < -0.39 is 15.4 Å². The number of hydrogen-bond acceptors (Lipinski definition) is 4. The third kappa shape index (κ3) is 5.60. The van der Waals surface area contributed by atoms with Gasteiger partial charge in [-0.3, -0.25) is 13.8 Å². The maximum Gasteiger partial charge on any atom is 0.229 e. The molecule has 1 atom stereocenters. The van der Waals surface area contributed by atoms with E-state index in [0.29, 0.717) is 42.5 Å². The maximum atomic E-state index is 14.5. The van der Waals surface area contributed by atoms with Gasteiger partial charge in [-0.25, -0.2) is 4.39 Å². The minimum atomic E-state index is -2.09. The highest BCUT2D eigenvalue weighted by Crippen LogP contribution is 2.29. The molecule has 8 heteroatoms. The molecule has 6 nitrogen and oxygen atoms in total. The van der Waals surface area contributed by atoms with E-state index in [1.54, 1.807) is 11.0 Å². The van der Waals surface area contributed by atoms with Gasteiger partial charge in [0, 0.05) is 48.9 Å². The predicted molar refractivity (Wildman–Crippen MR) is 138 cm³/mol. The van der Waals surface area contributed by atoms with Crippen LogP contribution in [0.15, 0.2) is 42.5 Å². The monoisotopic (exact) mass is 485 g/mol. The van der Waals surface area contributed by atoms with Crippen LogP contribution in [0.2, 0.25) is 0 Å². The Balaban J connectivity index is 1.40. The Bertz CT molecular complexity index is 1150. The van der Waals surface area contributed by atoms with Crippen molar-refractivity contribution >= 4 is 44.3 Å². The van der Waals surface area contributed by atoms with Gasteiger partial charge >= 0.3 is 0 Å². The second-order valence-electron chi connectivity index (χ2n) is 9.19. The van der Waals surface area contributed by atoms with Crippen LogP contribution in [-0.4, -0.2) is 53.0 Å². The number of nitrogens with zero attached hydrogens (tertiary/aromatic N) is 2. The van der Waals surface area contributed by atoms with E-state index in [2.05, 4.69) is 18.1 Å². The third-order valence-electron chi connectivity index (χ3n) is 6.58. The zero-order valence-corrected chi connectivity index (χ0v) is 20.4. The topological polar surface area (TPSA) is 69.7 Å². The van der Waals surface area contributed by atoms with Crippen molar-refractivity contribution in [3.8, 4) is 0 Å². The second-order valence-corrected chi connectivity index (χ2v) is 11.9. The Morgan fingerprint density at radius 3 is 2.56 bits per heavy atom. The smallest absolute Gasteiger partial charge is 0.229 e. The molecule has 0 bridgehead atoms. The summed E-state index contributed by atoms with van der Waals surface area (Å²) in [7, 11) is -2.09. The van der Waals surface area contributed by atoms with E-state index in [0.717, 1.165) is 24.9 Å². The number of anilines is 3. The van der Waals surface area contributed by atoms with Crippen molar-refractivity contribution in [1.29, 1.82) is 0 Å². The van der Waals surface area contributed by atoms with Gasteiger partial charge in [0.25, 0.3) is 0 Å². The summed E-state index contributed by atoms with van der Waals surface area (Å²) < 4.78 is 26.6. The molecule has 2 saturated heterocycles. The van der Waals surface area contributed by atoms with E-state index in [4.69, 9.17) is 0 Å². The summed E-state index contributed by atoms with van der Waals surface area (Å²) in [6, 6.07) is 12.4. The Labute approximate surface area is 201 Å². The summed E-state index contributed by atoms with van der Waals surface area (Å²) >= 11 is 0. The van der Waals surface area contributed by atoms with Gasteiger partial charge in [0.1, 0.15) is 5.82 Å². The molecule has 2 aromatic rings. The lowest BCUT2D eigenvalue weighted by molar-refractivity contribution is -0.122. The molecule has 2 amide bonds. The van der Waals surface area contributed by atoms with Crippen LogP contribution in [0.5, 0.6) is 0 Å². The fourth-order valence-electron chi connectivity index (χ4n) is 4.44. The summed E-state index contributed by atoms with van der Waals surface area (Å²) in [5.74, 6) is 3.39. The largest absolute Gasteiger partial charge is 0.367 e. The molecule has 2 heterocycles. The first-order valence-electron chi connectivity index (χ1n) is 11.8. The number of unbranched alkanes of at least 4 members (excludes halogenated alkanes) is 1. The SMILES string of the molecule is C=S1(=O)CCN(c2cc(NC(=O)[C@H]3CC(=O)N(c4ccc(CCCC)cc4)C3)ccc2F)CC1. The molecule has 0 aromatic heterocycles. The van der Waals surface area contributed by atoms with Crippen molar-refractivity contribution < 1.29 is 18.2 Å². The van der Waals surface area contributed by atoms with Crippen LogP contribution in [0.3, 0.4) is 0 Å². The van der Waals surface area contributed by atoms with Crippen LogP contribution >= 0.6 is 0 Å². The summed E-state index contributed by atoms with van der Waals surface area (Å²) in [5, 5.41) is 2.85. The molecule has 2 aliphatic heterocycles. The standard InChI is InChI=1S/C26H32FN3O3S/c1-3-4-5-19-6-9-22(10-7-19)30-18-20(16-25(30)31)26(32)28-21-8-11-23(27)24(17-21)29-12-14-34(2,33)15-13-29/h6-11,17,20H,2-5,12-16,18H2,1H3,(H,28,32)/t20-/m0/s1. The molecule has 0 spiro atoms. The fraction of sp³-hybridized carbons (Fsp3) is 0.423. The average Bonchev–Trinajstić information content (AvgIpc) is 3.21. The molecule has 2 aliphatic rings. The molecule has 4 rings (SSSR count). The molecule has 1 N–H and O–H groups in total. The van der Waals surface area contributed by atoms with Gasteiger partial charge in [-0.2, -0.15) is 0 Å². The molecule has 0 saturated carbocycles. The van der Waals surface area contributed by atoms with Crippen molar-refractivity contribution in [2.75, 3.05) is 46.3 Å². The minimum Gasteiger partial charge on any atom is -0.367 e. The Morgan fingerprint density at radius 1 is 1.18 bits per heavy atom. The number of carbonyl (C=O) groups excluding carboxylic acids is 2. The quantitative estimate of drug-likeness (QED) is 0.608. The van der Waals surface area contributed by atoms with E-state index in [-0.39, 0.29) is 24.1 Å². The van der Waals surface area contributed by atoms with Crippen molar-refractivity contribution in [3.63, 3.8) is 0 Å². The number of rotatable bonds is 7. The van der Waals surface area contributed by atoms with E-state index in [1.807, 2.05) is 29.2 Å². The van der Waals surface area contributed by atoms with Gasteiger partial charge < -0.3 is 15.1 Å².